The summed E-state index contributed by atoms with van der Waals surface area (Å²) >= 11 is 11.4. The van der Waals surface area contributed by atoms with Crippen LogP contribution in [0.4, 0.5) is 4.39 Å². The molecular weight excluding hydrogens is 242 g/mol. The summed E-state index contributed by atoms with van der Waals surface area (Å²) in [5.41, 5.74) is 0.266. The van der Waals surface area contributed by atoms with Gasteiger partial charge >= 0.3 is 0 Å². The summed E-state index contributed by atoms with van der Waals surface area (Å²) in [7, 11) is 1.45. The molecule has 1 aromatic carbocycles. The van der Waals surface area contributed by atoms with Crippen LogP contribution in [0.1, 0.15) is 0 Å². The molecule has 0 aliphatic rings. The lowest BCUT2D eigenvalue weighted by Crippen LogP contribution is -1.93. The van der Waals surface area contributed by atoms with E-state index in [1.807, 2.05) is 0 Å². The molecular formula is C9H5Cl2FN2O. The van der Waals surface area contributed by atoms with E-state index in [2.05, 4.69) is 9.97 Å². The van der Waals surface area contributed by atoms with E-state index in [-0.39, 0.29) is 21.3 Å². The van der Waals surface area contributed by atoms with Gasteiger partial charge in [0.05, 0.1) is 12.5 Å². The van der Waals surface area contributed by atoms with Gasteiger partial charge in [0.25, 0.3) is 0 Å². The van der Waals surface area contributed by atoms with Gasteiger partial charge in [-0.1, -0.05) is 11.6 Å². The van der Waals surface area contributed by atoms with E-state index in [0.29, 0.717) is 5.75 Å². The van der Waals surface area contributed by atoms with Gasteiger partial charge in [-0.15, -0.1) is 0 Å². The number of ether oxygens (including phenoxy) is 1. The highest BCUT2D eigenvalue weighted by molar-refractivity contribution is 6.35. The fraction of sp³-hybridized carbons (Fsp3) is 0.111. The molecule has 0 aliphatic heterocycles. The molecule has 2 aromatic rings. The first kappa shape index (κ1) is 10.4. The summed E-state index contributed by atoms with van der Waals surface area (Å²) in [5, 5.41) is 0.0400. The minimum Gasteiger partial charge on any atom is -0.494 e. The molecule has 0 radical (unpaired) electrons. The van der Waals surface area contributed by atoms with E-state index >= 15 is 0 Å². The molecule has 1 aromatic heterocycles. The van der Waals surface area contributed by atoms with Gasteiger partial charge in [-0.25, -0.2) is 14.4 Å². The summed E-state index contributed by atoms with van der Waals surface area (Å²) in [5.74, 6) is -0.106. The van der Waals surface area contributed by atoms with Crippen LogP contribution in [0.5, 0.6) is 5.75 Å². The van der Waals surface area contributed by atoms with Crippen molar-refractivity contribution in [1.82, 2.24) is 9.97 Å². The molecule has 0 bridgehead atoms. The van der Waals surface area contributed by atoms with Crippen molar-refractivity contribution in [2.45, 2.75) is 0 Å². The summed E-state index contributed by atoms with van der Waals surface area (Å²) in [4.78, 5) is 7.54. The number of fused-ring (bicyclic) bond motifs is 1. The standard InChI is InChI=1S/C9H5Cl2FN2O/c1-15-5-3-2-4(12)6-7(5)13-9(11)14-8(6)10/h2-3H,1H3. The zero-order chi connectivity index (χ0) is 11.0. The zero-order valence-corrected chi connectivity index (χ0v) is 9.10. The predicted octanol–water partition coefficient (Wildman–Crippen LogP) is 3.08. The molecule has 3 nitrogen and oxygen atoms in total. The van der Waals surface area contributed by atoms with Crippen molar-refractivity contribution in [1.29, 1.82) is 0 Å². The zero-order valence-electron chi connectivity index (χ0n) is 7.59. The smallest absolute Gasteiger partial charge is 0.224 e. The Labute approximate surface area is 94.8 Å². The Kier molecular flexibility index (Phi) is 2.63. The van der Waals surface area contributed by atoms with Crippen molar-refractivity contribution in [3.05, 3.63) is 28.4 Å². The Hall–Kier alpha value is -1.13. The fourth-order valence-electron chi connectivity index (χ4n) is 1.27. The van der Waals surface area contributed by atoms with Crippen molar-refractivity contribution in [2.24, 2.45) is 0 Å². The Morgan fingerprint density at radius 1 is 1.27 bits per heavy atom. The molecule has 0 saturated heterocycles. The van der Waals surface area contributed by atoms with Gasteiger partial charge < -0.3 is 4.74 Å². The van der Waals surface area contributed by atoms with E-state index < -0.39 is 5.82 Å². The molecule has 1 heterocycles. The second-order valence-electron chi connectivity index (χ2n) is 2.76. The van der Waals surface area contributed by atoms with Gasteiger partial charge in [-0.2, -0.15) is 0 Å². The van der Waals surface area contributed by atoms with Crippen molar-refractivity contribution in [2.75, 3.05) is 7.11 Å². The first-order chi connectivity index (χ1) is 7.13. The average Bonchev–Trinajstić information content (AvgIpc) is 2.17. The number of nitrogens with zero attached hydrogens (tertiary/aromatic N) is 2. The summed E-state index contributed by atoms with van der Waals surface area (Å²) in [6.45, 7) is 0. The third-order valence-electron chi connectivity index (χ3n) is 1.91. The number of hydrogen-bond acceptors (Lipinski definition) is 3. The summed E-state index contributed by atoms with van der Waals surface area (Å²) < 4.78 is 18.5. The molecule has 0 fully saturated rings. The number of methoxy groups -OCH3 is 1. The minimum atomic E-state index is -0.507. The highest BCUT2D eigenvalue weighted by Gasteiger charge is 2.13. The lowest BCUT2D eigenvalue weighted by atomic mass is 10.2. The largest absolute Gasteiger partial charge is 0.494 e. The summed E-state index contributed by atoms with van der Waals surface area (Å²) in [6.07, 6.45) is 0. The molecule has 2 rings (SSSR count). The maximum absolute atomic E-state index is 13.4. The molecule has 0 saturated carbocycles. The van der Waals surface area contributed by atoms with Gasteiger partial charge in [-0.3, -0.25) is 0 Å². The lowest BCUT2D eigenvalue weighted by molar-refractivity contribution is 0.418. The molecule has 0 aliphatic carbocycles. The highest BCUT2D eigenvalue weighted by atomic mass is 35.5. The number of aromatic nitrogens is 2. The monoisotopic (exact) mass is 246 g/mol. The van der Waals surface area contributed by atoms with Crippen LogP contribution in [-0.4, -0.2) is 17.1 Å². The number of hydrogen-bond donors (Lipinski definition) is 0. The second-order valence-corrected chi connectivity index (χ2v) is 3.45. The van der Waals surface area contributed by atoms with Crippen LogP contribution in [0.2, 0.25) is 10.4 Å². The lowest BCUT2D eigenvalue weighted by Gasteiger charge is -2.06. The van der Waals surface area contributed by atoms with Crippen molar-refractivity contribution in [3.8, 4) is 5.75 Å². The van der Waals surface area contributed by atoms with Crippen LogP contribution in [0.25, 0.3) is 10.9 Å². The third-order valence-corrected chi connectivity index (χ3v) is 2.35. The van der Waals surface area contributed by atoms with Gasteiger partial charge in [0.1, 0.15) is 22.2 Å². The maximum atomic E-state index is 13.4. The van der Waals surface area contributed by atoms with E-state index in [4.69, 9.17) is 27.9 Å². The first-order valence-corrected chi connectivity index (χ1v) is 4.74. The van der Waals surface area contributed by atoms with Crippen LogP contribution in [0.3, 0.4) is 0 Å². The van der Waals surface area contributed by atoms with Gasteiger partial charge in [0.15, 0.2) is 0 Å². The second kappa shape index (κ2) is 3.79. The molecule has 6 heteroatoms. The van der Waals surface area contributed by atoms with Crippen molar-refractivity contribution < 1.29 is 9.13 Å². The quantitative estimate of drug-likeness (QED) is 0.573. The Balaban J connectivity index is 2.93. The highest BCUT2D eigenvalue weighted by Crippen LogP contribution is 2.31. The Bertz CT molecular complexity index is 533. The van der Waals surface area contributed by atoms with Crippen LogP contribution < -0.4 is 4.74 Å². The van der Waals surface area contributed by atoms with Crippen LogP contribution in [-0.2, 0) is 0 Å². The molecule has 15 heavy (non-hydrogen) atoms. The SMILES string of the molecule is COc1ccc(F)c2c(Cl)nc(Cl)nc12. The average molecular weight is 247 g/mol. The van der Waals surface area contributed by atoms with Crippen molar-refractivity contribution in [3.63, 3.8) is 0 Å². The number of halogens is 3. The first-order valence-electron chi connectivity index (χ1n) is 3.98. The predicted molar refractivity (Wildman–Crippen MR) is 56.1 cm³/mol. The van der Waals surface area contributed by atoms with E-state index in [1.54, 1.807) is 0 Å². The van der Waals surface area contributed by atoms with E-state index in [9.17, 15) is 4.39 Å². The molecule has 0 amide bonds. The Morgan fingerprint density at radius 3 is 2.67 bits per heavy atom. The minimum absolute atomic E-state index is 0.0265. The third kappa shape index (κ3) is 1.70. The normalized spacial score (nSPS) is 10.7. The van der Waals surface area contributed by atoms with E-state index in [0.717, 1.165) is 0 Å². The number of rotatable bonds is 1. The molecule has 0 unspecified atom stereocenters. The molecule has 0 spiro atoms. The fourth-order valence-corrected chi connectivity index (χ4v) is 1.75. The van der Waals surface area contributed by atoms with Crippen LogP contribution in [0, 0.1) is 5.82 Å². The number of benzene rings is 1. The molecule has 78 valence electrons. The summed E-state index contributed by atoms with van der Waals surface area (Å²) in [6, 6.07) is 2.70. The molecule has 0 atom stereocenters. The van der Waals surface area contributed by atoms with Crippen LogP contribution >= 0.6 is 23.2 Å². The van der Waals surface area contributed by atoms with Gasteiger partial charge in [0.2, 0.25) is 5.28 Å². The van der Waals surface area contributed by atoms with Crippen LogP contribution in [0.15, 0.2) is 12.1 Å². The molecule has 0 N–H and O–H groups in total. The van der Waals surface area contributed by atoms with E-state index in [1.165, 1.54) is 19.2 Å². The van der Waals surface area contributed by atoms with Crippen molar-refractivity contribution >= 4 is 34.1 Å². The maximum Gasteiger partial charge on any atom is 0.224 e. The van der Waals surface area contributed by atoms with Gasteiger partial charge in [-0.05, 0) is 23.7 Å². The topological polar surface area (TPSA) is 35.0 Å². The van der Waals surface area contributed by atoms with Gasteiger partial charge in [0, 0.05) is 0 Å². The Morgan fingerprint density at radius 2 is 2.00 bits per heavy atom.